The Morgan fingerprint density at radius 2 is 1.27 bits per heavy atom. The van der Waals surface area contributed by atoms with Gasteiger partial charge < -0.3 is 38.8 Å². The molecule has 3 heterocycles. The van der Waals surface area contributed by atoms with Crippen LogP contribution in [0.4, 0.5) is 5.69 Å². The van der Waals surface area contributed by atoms with Gasteiger partial charge in [-0.05, 0) is 136 Å². The van der Waals surface area contributed by atoms with Gasteiger partial charge in [0.05, 0.1) is 49.1 Å². The van der Waals surface area contributed by atoms with Gasteiger partial charge in [-0.1, -0.05) is 17.7 Å². The molecule has 0 radical (unpaired) electrons. The first-order chi connectivity index (χ1) is 26.5. The number of nitrogens with one attached hydrogen (secondary N) is 1. The molecule has 5 rings (SSSR count). The maximum atomic E-state index is 12.1. The molecule has 2 aliphatic rings. The number of esters is 3. The summed E-state index contributed by atoms with van der Waals surface area (Å²) in [7, 11) is 4.29. The molecule has 2 saturated heterocycles. The number of aromatic nitrogens is 1. The molecule has 2 aliphatic heterocycles. The van der Waals surface area contributed by atoms with E-state index in [-0.39, 0.29) is 18.8 Å². The lowest BCUT2D eigenvalue weighted by Gasteiger charge is -2.30. The summed E-state index contributed by atoms with van der Waals surface area (Å²) < 4.78 is 26.8. The highest BCUT2D eigenvalue weighted by Crippen LogP contribution is 2.39. The topological polar surface area (TPSA) is 129 Å². The van der Waals surface area contributed by atoms with Crippen molar-refractivity contribution in [1.29, 1.82) is 0 Å². The van der Waals surface area contributed by atoms with Crippen LogP contribution in [-0.4, -0.2) is 106 Å². The van der Waals surface area contributed by atoms with Gasteiger partial charge in [0.15, 0.2) is 5.57 Å². The van der Waals surface area contributed by atoms with Gasteiger partial charge >= 0.3 is 17.9 Å². The van der Waals surface area contributed by atoms with E-state index < -0.39 is 17.9 Å². The molecule has 0 aliphatic carbocycles. The molecule has 0 amide bonds. The Bertz CT molecular complexity index is 1760. The van der Waals surface area contributed by atoms with Crippen molar-refractivity contribution in [3.05, 3.63) is 70.0 Å². The van der Waals surface area contributed by atoms with Crippen LogP contribution in [0.5, 0.6) is 11.5 Å². The number of benzene rings is 2. The van der Waals surface area contributed by atoms with E-state index in [0.29, 0.717) is 42.2 Å². The Morgan fingerprint density at radius 3 is 1.80 bits per heavy atom. The predicted octanol–water partition coefficient (Wildman–Crippen LogP) is 7.59. The highest BCUT2D eigenvalue weighted by molar-refractivity contribution is 6.38. The molecule has 0 atom stereocenters. The van der Waals surface area contributed by atoms with Crippen molar-refractivity contribution in [3.63, 3.8) is 0 Å². The minimum atomic E-state index is -0.716. The van der Waals surface area contributed by atoms with Gasteiger partial charge in [0.2, 0.25) is 0 Å². The lowest BCUT2D eigenvalue weighted by atomic mass is 9.88. The molecule has 1 N–H and O–H groups in total. The first-order valence-electron chi connectivity index (χ1n) is 19.4. The fourth-order valence-electron chi connectivity index (χ4n) is 6.81. The molecule has 0 spiro atoms. The lowest BCUT2D eigenvalue weighted by Crippen LogP contribution is -2.29. The van der Waals surface area contributed by atoms with E-state index in [1.165, 1.54) is 18.0 Å². The second-order valence-corrected chi connectivity index (χ2v) is 13.9. The number of hydrogen-bond donors (Lipinski definition) is 1. The zero-order valence-electron chi connectivity index (χ0n) is 33.4. The fraction of sp³-hybridized carbons (Fsp3) is 0.524. The number of carbonyl (C=O) groups excluding carboxylic acids is 3. The number of likely N-dealkylation sites (tertiary alicyclic amines) is 2. The van der Waals surface area contributed by atoms with Crippen LogP contribution in [0.1, 0.15) is 93.6 Å². The summed E-state index contributed by atoms with van der Waals surface area (Å²) in [6, 6.07) is 9.88. The number of fused-ring (bicyclic) bond motifs is 1. The van der Waals surface area contributed by atoms with Crippen LogP contribution in [0.2, 0.25) is 5.02 Å². The van der Waals surface area contributed by atoms with Gasteiger partial charge in [-0.25, -0.2) is 14.4 Å². The van der Waals surface area contributed by atoms with Crippen molar-refractivity contribution in [1.82, 2.24) is 14.8 Å². The van der Waals surface area contributed by atoms with Crippen LogP contribution in [0.25, 0.3) is 10.9 Å². The third kappa shape index (κ3) is 11.8. The molecular weight excluding hydrogens is 724 g/mol. The highest BCUT2D eigenvalue weighted by atomic mass is 35.5. The molecular formula is C42H57ClN4O8. The van der Waals surface area contributed by atoms with Gasteiger partial charge in [-0.2, -0.15) is 0 Å². The van der Waals surface area contributed by atoms with Crippen LogP contribution in [-0.2, 0) is 23.8 Å². The van der Waals surface area contributed by atoms with Crippen molar-refractivity contribution in [2.45, 2.75) is 72.1 Å². The zero-order valence-corrected chi connectivity index (χ0v) is 34.1. The van der Waals surface area contributed by atoms with E-state index >= 15 is 0 Å². The maximum absolute atomic E-state index is 12.1. The number of hydrogen-bond acceptors (Lipinski definition) is 12. The summed E-state index contributed by atoms with van der Waals surface area (Å²) in [5, 5.41) is 4.17. The minimum absolute atomic E-state index is 0.175. The summed E-state index contributed by atoms with van der Waals surface area (Å²) in [6.07, 6.45) is 7.15. The molecule has 2 aromatic carbocycles. The second kappa shape index (κ2) is 21.6. The van der Waals surface area contributed by atoms with Crippen molar-refractivity contribution in [3.8, 4) is 11.5 Å². The van der Waals surface area contributed by atoms with Crippen molar-refractivity contribution >= 4 is 46.1 Å². The van der Waals surface area contributed by atoms with Crippen LogP contribution in [0.3, 0.4) is 0 Å². The Hall–Kier alpha value is -4.39. The summed E-state index contributed by atoms with van der Waals surface area (Å²) in [5.74, 6) is 0.696. The minimum Gasteiger partial charge on any atom is -0.494 e. The Labute approximate surface area is 330 Å². The second-order valence-electron chi connectivity index (χ2n) is 13.5. The SMILES string of the molecule is CCOC(=O)C(=CNc1ccc(C2CCN(C)CC2)c(OCC)c1)C(=O)OCC.CCOC(=O)c1cnc2cc(OCC)c(C3CCN(C)CC3)cc2c1Cl. The van der Waals surface area contributed by atoms with Crippen molar-refractivity contribution in [2.24, 2.45) is 0 Å². The monoisotopic (exact) mass is 780 g/mol. The molecule has 55 heavy (non-hydrogen) atoms. The molecule has 0 bridgehead atoms. The van der Waals surface area contributed by atoms with Gasteiger partial charge in [-0.15, -0.1) is 0 Å². The Kier molecular flexibility index (Phi) is 17.0. The van der Waals surface area contributed by atoms with Gasteiger partial charge in [0.25, 0.3) is 0 Å². The number of carbonyl (C=O) groups is 3. The number of rotatable bonds is 14. The quantitative estimate of drug-likeness (QED) is 0.0569. The molecule has 0 saturated carbocycles. The van der Waals surface area contributed by atoms with Gasteiger partial charge in [-0.3, -0.25) is 4.98 Å². The number of anilines is 1. The van der Waals surface area contributed by atoms with Crippen LogP contribution >= 0.6 is 11.6 Å². The smallest absolute Gasteiger partial charge is 0.347 e. The fourth-order valence-corrected chi connectivity index (χ4v) is 7.09. The Morgan fingerprint density at radius 1 is 0.745 bits per heavy atom. The summed E-state index contributed by atoms with van der Waals surface area (Å²) in [6.45, 7) is 15.2. The molecule has 0 unspecified atom stereocenters. The molecule has 12 nitrogen and oxygen atoms in total. The molecule has 300 valence electrons. The van der Waals surface area contributed by atoms with Gasteiger partial charge in [0.1, 0.15) is 11.5 Å². The normalized spacial score (nSPS) is 15.3. The summed E-state index contributed by atoms with van der Waals surface area (Å²) >= 11 is 6.55. The van der Waals surface area contributed by atoms with Crippen molar-refractivity contribution in [2.75, 3.05) is 78.6 Å². The number of nitrogens with zero attached hydrogens (tertiary/aromatic N) is 3. The lowest BCUT2D eigenvalue weighted by molar-refractivity contribution is -0.146. The predicted molar refractivity (Wildman–Crippen MR) is 215 cm³/mol. The maximum Gasteiger partial charge on any atom is 0.347 e. The molecule has 3 aromatic rings. The standard InChI is InChI=1S/C22H32N2O5.C20H25ClN2O3/c1-5-27-20-14-17(8-9-18(20)16-10-12-24(4)13-11-16)23-15-19(21(25)28-6-2)22(26)29-7-3;1-4-25-18-11-17-15(10-14(18)13-6-8-23(3)9-7-13)19(21)16(12-22-17)20(24)26-5-2/h8-9,14-16,23H,5-7,10-13H2,1-4H3;10-13H,4-9H2,1-3H3. The zero-order chi connectivity index (χ0) is 39.9. The number of halogens is 1. The molecule has 2 fully saturated rings. The largest absolute Gasteiger partial charge is 0.494 e. The number of piperidine rings is 2. The van der Waals surface area contributed by atoms with E-state index in [1.54, 1.807) is 20.8 Å². The van der Waals surface area contributed by atoms with Gasteiger partial charge in [0, 0.05) is 35.6 Å². The first-order valence-corrected chi connectivity index (χ1v) is 19.8. The van der Waals surface area contributed by atoms with E-state index in [4.69, 9.17) is 35.3 Å². The van der Waals surface area contributed by atoms with E-state index in [0.717, 1.165) is 85.5 Å². The van der Waals surface area contributed by atoms with Crippen LogP contribution in [0.15, 0.2) is 48.3 Å². The van der Waals surface area contributed by atoms with Crippen molar-refractivity contribution < 1.29 is 38.1 Å². The van der Waals surface area contributed by atoms with Crippen LogP contribution < -0.4 is 14.8 Å². The van der Waals surface area contributed by atoms with E-state index in [1.807, 2.05) is 38.1 Å². The third-order valence-electron chi connectivity index (χ3n) is 9.73. The highest BCUT2D eigenvalue weighted by Gasteiger charge is 2.25. The first kappa shape index (κ1) is 43.3. The summed E-state index contributed by atoms with van der Waals surface area (Å²) in [4.78, 5) is 45.4. The Balaban J connectivity index is 0.000000246. The van der Waals surface area contributed by atoms with E-state index in [9.17, 15) is 14.4 Å². The van der Waals surface area contributed by atoms with E-state index in [2.05, 4.69) is 40.3 Å². The van der Waals surface area contributed by atoms with Crippen LogP contribution in [0, 0.1) is 0 Å². The number of ether oxygens (including phenoxy) is 5. The third-order valence-corrected chi connectivity index (χ3v) is 10.1. The molecule has 13 heteroatoms. The summed E-state index contributed by atoms with van der Waals surface area (Å²) in [5.41, 5.74) is 3.92. The molecule has 1 aromatic heterocycles. The number of pyridine rings is 1. The average molecular weight is 781 g/mol. The average Bonchev–Trinajstić information content (AvgIpc) is 3.17.